The molecule has 0 unspecified atom stereocenters. The van der Waals surface area contributed by atoms with Gasteiger partial charge in [0.05, 0.1) is 13.7 Å². The molecule has 1 aromatic carbocycles. The average molecular weight is 292 g/mol. The Balaban J connectivity index is 1.81. The van der Waals surface area contributed by atoms with Crippen molar-refractivity contribution in [2.24, 2.45) is 0 Å². The van der Waals surface area contributed by atoms with Crippen molar-refractivity contribution in [2.45, 2.75) is 19.4 Å². The third-order valence-corrected chi connectivity index (χ3v) is 4.18. The summed E-state index contributed by atoms with van der Waals surface area (Å²) in [6.07, 6.45) is 2.33. The molecule has 1 fully saturated rings. The third-order valence-electron chi connectivity index (χ3n) is 4.18. The lowest BCUT2D eigenvalue weighted by atomic mass is 10.1. The molecule has 1 heterocycles. The van der Waals surface area contributed by atoms with Crippen LogP contribution in [0, 0.1) is 0 Å². The summed E-state index contributed by atoms with van der Waals surface area (Å²) >= 11 is 0. The number of ether oxygens (including phenoxy) is 2. The van der Waals surface area contributed by atoms with E-state index in [1.807, 2.05) is 0 Å². The Bertz CT molecular complexity index is 429. The highest BCUT2D eigenvalue weighted by Crippen LogP contribution is 2.21. The van der Waals surface area contributed by atoms with Gasteiger partial charge in [-0.15, -0.1) is 0 Å². The minimum absolute atomic E-state index is 0.607. The van der Waals surface area contributed by atoms with Gasteiger partial charge in [0, 0.05) is 38.9 Å². The van der Waals surface area contributed by atoms with Crippen molar-refractivity contribution in [2.75, 3.05) is 54.0 Å². The summed E-state index contributed by atoms with van der Waals surface area (Å²) in [4.78, 5) is 4.97. The first-order valence-electron chi connectivity index (χ1n) is 7.78. The summed E-state index contributed by atoms with van der Waals surface area (Å²) < 4.78 is 10.6. The summed E-state index contributed by atoms with van der Waals surface area (Å²) in [5.74, 6) is 0.916. The molecule has 118 valence electrons. The molecule has 1 saturated heterocycles. The van der Waals surface area contributed by atoms with Crippen molar-refractivity contribution in [3.63, 3.8) is 0 Å². The molecule has 0 amide bonds. The molecule has 4 nitrogen and oxygen atoms in total. The fraction of sp³-hybridized carbons (Fsp3) is 0.647. The van der Waals surface area contributed by atoms with E-state index in [1.165, 1.54) is 44.7 Å². The normalized spacial score (nSPS) is 17.1. The number of rotatable bonds is 7. The second kappa shape index (κ2) is 8.37. The molecular weight excluding hydrogens is 264 g/mol. The predicted octanol–water partition coefficient (Wildman–Crippen LogP) is 2.02. The van der Waals surface area contributed by atoms with E-state index in [-0.39, 0.29) is 0 Å². The van der Waals surface area contributed by atoms with E-state index < -0.39 is 0 Å². The minimum Gasteiger partial charge on any atom is -0.496 e. The van der Waals surface area contributed by atoms with Crippen LogP contribution in [-0.2, 0) is 17.8 Å². The topological polar surface area (TPSA) is 24.9 Å². The van der Waals surface area contributed by atoms with Crippen LogP contribution in [0.3, 0.4) is 0 Å². The smallest absolute Gasteiger partial charge is 0.124 e. The number of piperazine rings is 1. The van der Waals surface area contributed by atoms with Crippen molar-refractivity contribution in [3.05, 3.63) is 29.3 Å². The predicted molar refractivity (Wildman–Crippen MR) is 86.0 cm³/mol. The summed E-state index contributed by atoms with van der Waals surface area (Å²) in [7, 11) is 5.63. The molecule has 1 aliphatic heterocycles. The number of methoxy groups -OCH3 is 2. The molecule has 0 atom stereocenters. The first-order chi connectivity index (χ1) is 10.2. The number of benzene rings is 1. The van der Waals surface area contributed by atoms with Crippen LogP contribution in [0.2, 0.25) is 0 Å². The molecule has 0 aliphatic carbocycles. The van der Waals surface area contributed by atoms with E-state index in [2.05, 4.69) is 35.0 Å². The molecule has 1 aromatic rings. The molecule has 0 saturated carbocycles. The Hall–Kier alpha value is -1.10. The van der Waals surface area contributed by atoms with Crippen molar-refractivity contribution in [1.82, 2.24) is 9.80 Å². The average Bonchev–Trinajstić information content (AvgIpc) is 2.50. The van der Waals surface area contributed by atoms with E-state index in [0.29, 0.717) is 6.61 Å². The third kappa shape index (κ3) is 4.99. The Morgan fingerprint density at radius 2 is 1.86 bits per heavy atom. The summed E-state index contributed by atoms with van der Waals surface area (Å²) in [6.45, 7) is 6.60. The minimum atomic E-state index is 0.607. The molecule has 4 heteroatoms. The fourth-order valence-electron chi connectivity index (χ4n) is 2.83. The molecule has 0 radical (unpaired) electrons. The molecule has 1 aliphatic rings. The molecule has 0 aromatic heterocycles. The zero-order valence-electron chi connectivity index (χ0n) is 13.6. The van der Waals surface area contributed by atoms with Gasteiger partial charge < -0.3 is 19.3 Å². The highest BCUT2D eigenvalue weighted by atomic mass is 16.5. The zero-order chi connectivity index (χ0) is 15.1. The van der Waals surface area contributed by atoms with E-state index in [1.54, 1.807) is 14.2 Å². The van der Waals surface area contributed by atoms with Crippen molar-refractivity contribution in [1.29, 1.82) is 0 Å². The van der Waals surface area contributed by atoms with E-state index in [4.69, 9.17) is 9.47 Å². The zero-order valence-corrected chi connectivity index (χ0v) is 13.6. The van der Waals surface area contributed by atoms with Crippen molar-refractivity contribution >= 4 is 0 Å². The lowest BCUT2D eigenvalue weighted by molar-refractivity contribution is 0.153. The molecule has 0 bridgehead atoms. The highest BCUT2D eigenvalue weighted by Gasteiger charge is 2.13. The Morgan fingerprint density at radius 3 is 2.52 bits per heavy atom. The Kier molecular flexibility index (Phi) is 6.49. The van der Waals surface area contributed by atoms with Gasteiger partial charge in [0.15, 0.2) is 0 Å². The second-order valence-electron chi connectivity index (χ2n) is 5.83. The van der Waals surface area contributed by atoms with Crippen molar-refractivity contribution in [3.8, 4) is 5.75 Å². The number of nitrogens with zero attached hydrogens (tertiary/aromatic N) is 2. The highest BCUT2D eigenvalue weighted by molar-refractivity contribution is 5.37. The summed E-state index contributed by atoms with van der Waals surface area (Å²) in [5.41, 5.74) is 2.51. The van der Waals surface area contributed by atoms with E-state index >= 15 is 0 Å². The fourth-order valence-corrected chi connectivity index (χ4v) is 2.83. The van der Waals surface area contributed by atoms with Crippen LogP contribution >= 0.6 is 0 Å². The van der Waals surface area contributed by atoms with Gasteiger partial charge in [0.1, 0.15) is 5.75 Å². The van der Waals surface area contributed by atoms with Gasteiger partial charge in [0.25, 0.3) is 0 Å². The van der Waals surface area contributed by atoms with Gasteiger partial charge >= 0.3 is 0 Å². The van der Waals surface area contributed by atoms with Gasteiger partial charge in [-0.1, -0.05) is 6.07 Å². The number of likely N-dealkylation sites (N-methyl/N-ethyl adjacent to an activating group) is 1. The standard InChI is InChI=1S/C17H28N2O2/c1-18-9-11-19(12-10-18)8-4-5-15-6-7-17(21-3)16(13-15)14-20-2/h6-7,13H,4-5,8-12,14H2,1-3H3. The largest absolute Gasteiger partial charge is 0.496 e. The van der Waals surface area contributed by atoms with Crippen LogP contribution in [0.15, 0.2) is 18.2 Å². The number of hydrogen-bond donors (Lipinski definition) is 0. The van der Waals surface area contributed by atoms with Crippen LogP contribution in [-0.4, -0.2) is 63.8 Å². The van der Waals surface area contributed by atoms with Crippen LogP contribution in [0.25, 0.3) is 0 Å². The van der Waals surface area contributed by atoms with Crippen LogP contribution < -0.4 is 4.74 Å². The Morgan fingerprint density at radius 1 is 1.10 bits per heavy atom. The molecule has 21 heavy (non-hydrogen) atoms. The first kappa shape index (κ1) is 16.3. The lowest BCUT2D eigenvalue weighted by Gasteiger charge is -2.32. The maximum Gasteiger partial charge on any atom is 0.124 e. The molecular formula is C17H28N2O2. The second-order valence-corrected chi connectivity index (χ2v) is 5.83. The van der Waals surface area contributed by atoms with Gasteiger partial charge in [-0.2, -0.15) is 0 Å². The van der Waals surface area contributed by atoms with E-state index in [0.717, 1.165) is 17.7 Å². The molecule has 2 rings (SSSR count). The van der Waals surface area contributed by atoms with Gasteiger partial charge in [-0.05, 0) is 44.1 Å². The van der Waals surface area contributed by atoms with Crippen molar-refractivity contribution < 1.29 is 9.47 Å². The quantitative estimate of drug-likeness (QED) is 0.767. The van der Waals surface area contributed by atoms with Crippen LogP contribution in [0.5, 0.6) is 5.75 Å². The monoisotopic (exact) mass is 292 g/mol. The Labute approximate surface area is 128 Å². The van der Waals surface area contributed by atoms with Crippen LogP contribution in [0.1, 0.15) is 17.5 Å². The first-order valence-corrected chi connectivity index (χ1v) is 7.78. The number of aryl methyl sites for hydroxylation is 1. The summed E-state index contributed by atoms with van der Waals surface area (Å²) in [6, 6.07) is 6.44. The lowest BCUT2D eigenvalue weighted by Crippen LogP contribution is -2.44. The summed E-state index contributed by atoms with van der Waals surface area (Å²) in [5, 5.41) is 0. The van der Waals surface area contributed by atoms with Gasteiger partial charge in [0.2, 0.25) is 0 Å². The van der Waals surface area contributed by atoms with Gasteiger partial charge in [-0.25, -0.2) is 0 Å². The molecule has 0 spiro atoms. The molecule has 0 N–H and O–H groups in total. The maximum atomic E-state index is 5.37. The maximum absolute atomic E-state index is 5.37. The van der Waals surface area contributed by atoms with E-state index in [9.17, 15) is 0 Å². The van der Waals surface area contributed by atoms with Gasteiger partial charge in [-0.3, -0.25) is 0 Å². The van der Waals surface area contributed by atoms with Crippen LogP contribution in [0.4, 0.5) is 0 Å². The SMILES string of the molecule is COCc1cc(CCCN2CCN(C)CC2)ccc1OC. The number of hydrogen-bond acceptors (Lipinski definition) is 4.